The second-order valence-electron chi connectivity index (χ2n) is 8.58. The van der Waals surface area contributed by atoms with Crippen LogP contribution in [0.2, 0.25) is 0 Å². The van der Waals surface area contributed by atoms with Crippen molar-refractivity contribution in [2.75, 3.05) is 5.32 Å². The molecule has 176 valence electrons. The number of hydrogen-bond acceptors (Lipinski definition) is 6. The van der Waals surface area contributed by atoms with Crippen molar-refractivity contribution in [3.8, 4) is 0 Å². The Morgan fingerprint density at radius 2 is 1.76 bits per heavy atom. The Balaban J connectivity index is 1.57. The highest BCUT2D eigenvalue weighted by Gasteiger charge is 2.50. The van der Waals surface area contributed by atoms with Crippen molar-refractivity contribution in [3.05, 3.63) is 94.0 Å². The fourth-order valence-corrected chi connectivity index (χ4v) is 7.63. The number of nitrogens with two attached hydrogens (primary N) is 1. The van der Waals surface area contributed by atoms with Crippen LogP contribution in [0.4, 0.5) is 11.4 Å². The molecule has 0 aromatic heterocycles. The third-order valence-corrected chi connectivity index (χ3v) is 9.64. The van der Waals surface area contributed by atoms with Gasteiger partial charge in [-0.15, -0.1) is 23.4 Å². The molecular formula is C24H22ClN3O4S2. The van der Waals surface area contributed by atoms with Gasteiger partial charge < -0.3 is 5.32 Å². The molecule has 5 atom stereocenters. The van der Waals surface area contributed by atoms with Crippen molar-refractivity contribution in [3.63, 3.8) is 0 Å². The minimum atomic E-state index is -3.88. The molecule has 1 heterocycles. The van der Waals surface area contributed by atoms with Gasteiger partial charge in [0.15, 0.2) is 0 Å². The summed E-state index contributed by atoms with van der Waals surface area (Å²) in [7, 11) is -3.88. The Morgan fingerprint density at radius 1 is 1.06 bits per heavy atom. The van der Waals surface area contributed by atoms with Gasteiger partial charge in [0.1, 0.15) is 0 Å². The van der Waals surface area contributed by atoms with Crippen molar-refractivity contribution in [1.82, 2.24) is 0 Å². The number of sulfonamides is 1. The van der Waals surface area contributed by atoms with Crippen molar-refractivity contribution in [1.29, 1.82) is 0 Å². The van der Waals surface area contributed by atoms with Gasteiger partial charge in [-0.2, -0.15) is 0 Å². The van der Waals surface area contributed by atoms with E-state index in [1.807, 2.05) is 18.2 Å². The van der Waals surface area contributed by atoms with Gasteiger partial charge >= 0.3 is 0 Å². The quantitative estimate of drug-likeness (QED) is 0.271. The first kappa shape index (κ1) is 23.2. The first-order valence-corrected chi connectivity index (χ1v) is 13.6. The fourth-order valence-electron chi connectivity index (χ4n) is 5.13. The summed E-state index contributed by atoms with van der Waals surface area (Å²) in [6.45, 7) is 0. The monoisotopic (exact) mass is 515 g/mol. The molecular weight excluding hydrogens is 494 g/mol. The predicted octanol–water partition coefficient (Wildman–Crippen LogP) is 5.28. The van der Waals surface area contributed by atoms with Crippen molar-refractivity contribution in [2.45, 2.75) is 38.8 Å². The van der Waals surface area contributed by atoms with Crippen molar-refractivity contribution < 1.29 is 13.3 Å². The van der Waals surface area contributed by atoms with E-state index in [2.05, 4.69) is 17.4 Å². The Hall–Kier alpha value is -2.59. The van der Waals surface area contributed by atoms with E-state index in [1.165, 1.54) is 23.9 Å². The first-order valence-electron chi connectivity index (χ1n) is 10.8. The van der Waals surface area contributed by atoms with Gasteiger partial charge in [0.2, 0.25) is 10.0 Å². The molecule has 0 unspecified atom stereocenters. The number of anilines is 1. The van der Waals surface area contributed by atoms with Crippen LogP contribution in [-0.4, -0.2) is 24.0 Å². The zero-order valence-electron chi connectivity index (χ0n) is 17.9. The minimum Gasteiger partial charge on any atom is -0.378 e. The predicted molar refractivity (Wildman–Crippen MR) is 134 cm³/mol. The molecule has 1 aliphatic carbocycles. The third kappa shape index (κ3) is 4.17. The third-order valence-electron chi connectivity index (χ3n) is 6.61. The Kier molecular flexibility index (Phi) is 6.05. The van der Waals surface area contributed by atoms with Crippen LogP contribution in [0.5, 0.6) is 0 Å². The highest BCUT2D eigenvalue weighted by atomic mass is 35.5. The lowest BCUT2D eigenvalue weighted by atomic mass is 9.77. The van der Waals surface area contributed by atoms with Crippen LogP contribution >= 0.6 is 23.4 Å². The van der Waals surface area contributed by atoms with E-state index in [1.54, 1.807) is 30.3 Å². The van der Waals surface area contributed by atoms with Gasteiger partial charge in [-0.1, -0.05) is 42.5 Å². The van der Waals surface area contributed by atoms with E-state index < -0.39 is 10.0 Å². The van der Waals surface area contributed by atoms with E-state index in [0.717, 1.165) is 16.8 Å². The molecule has 34 heavy (non-hydrogen) atoms. The van der Waals surface area contributed by atoms with Gasteiger partial charge in [-0.3, -0.25) is 10.1 Å². The number of primary sulfonamides is 1. The van der Waals surface area contributed by atoms with E-state index in [-0.39, 0.29) is 44.0 Å². The zero-order valence-corrected chi connectivity index (χ0v) is 20.3. The lowest BCUT2D eigenvalue weighted by molar-refractivity contribution is -0.387. The standard InChI is InChI=1S/C24H22ClN3O4S2/c25-23-21(33-20-9-5-4-8-19(20)28(29)30)13-17-22(23)16-12-15(34(26,31)32)10-11-18(16)27-24(17)14-6-2-1-3-7-14/h1-12,17,21-24,27H,13H2,(H2,26,31,32)/t17-,21+,22-,23+,24-/m1/s1. The molecule has 3 N–H and O–H groups in total. The number of nitro benzene ring substituents is 1. The van der Waals surface area contributed by atoms with Crippen LogP contribution in [-0.2, 0) is 10.0 Å². The molecule has 10 heteroatoms. The summed E-state index contributed by atoms with van der Waals surface area (Å²) in [6, 6.07) is 21.5. The number of halogens is 1. The van der Waals surface area contributed by atoms with Crippen LogP contribution in [0.15, 0.2) is 82.6 Å². The topological polar surface area (TPSA) is 115 Å². The van der Waals surface area contributed by atoms with E-state index in [9.17, 15) is 18.5 Å². The maximum absolute atomic E-state index is 12.0. The van der Waals surface area contributed by atoms with Crippen LogP contribution in [0.1, 0.15) is 29.5 Å². The van der Waals surface area contributed by atoms with E-state index >= 15 is 0 Å². The van der Waals surface area contributed by atoms with Gasteiger partial charge in [0.25, 0.3) is 5.69 Å². The highest BCUT2D eigenvalue weighted by Crippen LogP contribution is 2.58. The molecule has 2 aliphatic rings. The number of thioether (sulfide) groups is 1. The summed E-state index contributed by atoms with van der Waals surface area (Å²) in [5.74, 6) is -0.0847. The summed E-state index contributed by atoms with van der Waals surface area (Å²) in [5, 5.41) is 20.1. The molecule has 0 saturated heterocycles. The average molecular weight is 516 g/mol. The van der Waals surface area contributed by atoms with E-state index in [0.29, 0.717) is 11.3 Å². The largest absolute Gasteiger partial charge is 0.378 e. The number of alkyl halides is 1. The summed E-state index contributed by atoms with van der Waals surface area (Å²) in [6.07, 6.45) is 0.709. The molecule has 1 fully saturated rings. The number of nitro groups is 1. The number of benzene rings is 3. The molecule has 3 aromatic carbocycles. The van der Waals surface area contributed by atoms with Crippen molar-refractivity contribution >= 4 is 44.8 Å². The number of nitrogens with one attached hydrogen (secondary N) is 1. The normalized spacial score (nSPS) is 25.8. The van der Waals surface area contributed by atoms with Crippen LogP contribution in [0.3, 0.4) is 0 Å². The van der Waals surface area contributed by atoms with Crippen LogP contribution in [0.25, 0.3) is 0 Å². The number of fused-ring (bicyclic) bond motifs is 3. The molecule has 0 radical (unpaired) electrons. The summed E-state index contributed by atoms with van der Waals surface area (Å²) in [5.41, 5.74) is 2.80. The Bertz CT molecular complexity index is 1350. The second kappa shape index (κ2) is 8.88. The minimum absolute atomic E-state index is 0.0309. The number of para-hydroxylation sites is 1. The molecule has 3 aromatic rings. The summed E-state index contributed by atoms with van der Waals surface area (Å²) < 4.78 is 24.1. The molecule has 0 spiro atoms. The van der Waals surface area contributed by atoms with Gasteiger partial charge in [0, 0.05) is 22.9 Å². The Morgan fingerprint density at radius 3 is 2.47 bits per heavy atom. The maximum atomic E-state index is 12.0. The van der Waals surface area contributed by atoms with Crippen LogP contribution in [0, 0.1) is 16.0 Å². The molecule has 5 rings (SSSR count). The molecule has 0 bridgehead atoms. The summed E-state index contributed by atoms with van der Waals surface area (Å²) >= 11 is 8.50. The molecule has 0 amide bonds. The average Bonchev–Trinajstić information content (AvgIpc) is 3.14. The zero-order chi connectivity index (χ0) is 24.0. The second-order valence-corrected chi connectivity index (χ2v) is 11.9. The van der Waals surface area contributed by atoms with Gasteiger partial charge in [0.05, 0.1) is 26.1 Å². The molecule has 1 saturated carbocycles. The fraction of sp³-hybridized carbons (Fsp3) is 0.250. The highest BCUT2D eigenvalue weighted by molar-refractivity contribution is 8.00. The number of hydrogen-bond donors (Lipinski definition) is 2. The lowest BCUT2D eigenvalue weighted by Gasteiger charge is -2.38. The van der Waals surface area contributed by atoms with Crippen LogP contribution < -0.4 is 10.5 Å². The smallest absolute Gasteiger partial charge is 0.282 e. The lowest BCUT2D eigenvalue weighted by Crippen LogP contribution is -2.31. The maximum Gasteiger partial charge on any atom is 0.282 e. The molecule has 7 nitrogen and oxygen atoms in total. The summed E-state index contributed by atoms with van der Waals surface area (Å²) in [4.78, 5) is 11.8. The first-order chi connectivity index (χ1) is 16.2. The number of nitrogens with zero attached hydrogens (tertiary/aromatic N) is 1. The molecule has 1 aliphatic heterocycles. The van der Waals surface area contributed by atoms with Crippen molar-refractivity contribution in [2.24, 2.45) is 11.1 Å². The van der Waals surface area contributed by atoms with E-state index in [4.69, 9.17) is 16.7 Å². The number of rotatable bonds is 5. The van der Waals surface area contributed by atoms with Gasteiger partial charge in [-0.25, -0.2) is 13.6 Å². The Labute approximate surface area is 206 Å². The van der Waals surface area contributed by atoms with Gasteiger partial charge in [-0.05, 0) is 47.7 Å². The SMILES string of the molecule is NS(=O)(=O)c1ccc2c(c1)[C@H]1[C@@H](Cl)[C@@H](Sc3ccccc3[N+](=O)[O-])C[C@H]1[C@@H](c1ccccc1)N2.